The molecular weight excluding hydrogens is 188 g/mol. The number of amides is 1. The highest BCUT2D eigenvalue weighted by molar-refractivity contribution is 5.95. The summed E-state index contributed by atoms with van der Waals surface area (Å²) in [5, 5.41) is 0. The third-order valence-corrected chi connectivity index (χ3v) is 2.51. The van der Waals surface area contributed by atoms with Crippen LogP contribution in [0.15, 0.2) is 18.2 Å². The molecule has 76 valence electrons. The molecule has 0 spiro atoms. The van der Waals surface area contributed by atoms with Gasteiger partial charge in [0.15, 0.2) is 0 Å². The summed E-state index contributed by atoms with van der Waals surface area (Å²) in [6.45, 7) is 2.49. The van der Waals surface area contributed by atoms with Crippen LogP contribution in [0.2, 0.25) is 0 Å². The first-order valence-corrected chi connectivity index (χ1v) is 4.91. The summed E-state index contributed by atoms with van der Waals surface area (Å²) in [6, 6.07) is 5.64. The largest absolute Gasteiger partial charge is 0.296 e. The van der Waals surface area contributed by atoms with E-state index in [4.69, 9.17) is 6.42 Å². The third-order valence-electron chi connectivity index (χ3n) is 2.51. The maximum absolute atomic E-state index is 11.6. The van der Waals surface area contributed by atoms with Gasteiger partial charge in [0, 0.05) is 24.6 Å². The van der Waals surface area contributed by atoms with Crippen LogP contribution in [-0.2, 0) is 4.79 Å². The molecule has 15 heavy (non-hydrogen) atoms. The summed E-state index contributed by atoms with van der Waals surface area (Å²) in [6.07, 6.45) is 5.75. The van der Waals surface area contributed by atoms with Gasteiger partial charge in [-0.3, -0.25) is 9.69 Å². The molecule has 2 heterocycles. The topological polar surface area (TPSA) is 33.2 Å². The van der Waals surface area contributed by atoms with E-state index in [1.807, 2.05) is 25.1 Å². The van der Waals surface area contributed by atoms with E-state index in [0.29, 0.717) is 18.8 Å². The van der Waals surface area contributed by atoms with Crippen molar-refractivity contribution in [2.75, 3.05) is 11.4 Å². The number of nitrogens with zero attached hydrogens (tertiary/aromatic N) is 2. The molecule has 0 bridgehead atoms. The number of hydrogen-bond acceptors (Lipinski definition) is 2. The summed E-state index contributed by atoms with van der Waals surface area (Å²) < 4.78 is 0. The molecule has 1 atom stereocenters. The van der Waals surface area contributed by atoms with E-state index in [2.05, 4.69) is 10.9 Å². The maximum atomic E-state index is 11.6. The molecule has 1 aromatic heterocycles. The van der Waals surface area contributed by atoms with E-state index >= 15 is 0 Å². The van der Waals surface area contributed by atoms with E-state index in [1.54, 1.807) is 4.90 Å². The van der Waals surface area contributed by atoms with Gasteiger partial charge in [0.2, 0.25) is 5.91 Å². The predicted octanol–water partition coefficient (Wildman–Crippen LogP) is 1.38. The van der Waals surface area contributed by atoms with Crippen LogP contribution in [0.25, 0.3) is 0 Å². The zero-order valence-electron chi connectivity index (χ0n) is 8.60. The number of hydrogen-bond donors (Lipinski definition) is 0. The van der Waals surface area contributed by atoms with Crippen LogP contribution in [0.3, 0.4) is 0 Å². The molecule has 1 amide bonds. The fourth-order valence-electron chi connectivity index (χ4n) is 1.72. The maximum Gasteiger partial charge on any atom is 0.229 e. The Hall–Kier alpha value is -1.82. The van der Waals surface area contributed by atoms with Gasteiger partial charge in [-0.15, -0.1) is 12.3 Å². The average Bonchev–Trinajstić information content (AvgIpc) is 2.60. The minimum atomic E-state index is 0.0276. The van der Waals surface area contributed by atoms with Crippen molar-refractivity contribution in [2.45, 2.75) is 13.3 Å². The van der Waals surface area contributed by atoms with E-state index < -0.39 is 0 Å². The van der Waals surface area contributed by atoms with E-state index in [-0.39, 0.29) is 11.8 Å². The Morgan fingerprint density at radius 2 is 2.40 bits per heavy atom. The number of anilines is 1. The molecule has 1 saturated heterocycles. The molecule has 0 N–H and O–H groups in total. The van der Waals surface area contributed by atoms with Crippen LogP contribution < -0.4 is 4.90 Å². The van der Waals surface area contributed by atoms with E-state index in [0.717, 1.165) is 5.69 Å². The minimum Gasteiger partial charge on any atom is -0.296 e. The van der Waals surface area contributed by atoms with Gasteiger partial charge in [-0.1, -0.05) is 6.07 Å². The Bertz CT molecular complexity index is 433. The fourth-order valence-corrected chi connectivity index (χ4v) is 1.72. The predicted molar refractivity (Wildman–Crippen MR) is 58.3 cm³/mol. The molecule has 0 aromatic carbocycles. The van der Waals surface area contributed by atoms with Gasteiger partial charge in [-0.25, -0.2) is 4.98 Å². The quantitative estimate of drug-likeness (QED) is 0.641. The highest BCUT2D eigenvalue weighted by Crippen LogP contribution is 2.22. The Morgan fingerprint density at radius 3 is 3.00 bits per heavy atom. The van der Waals surface area contributed by atoms with Gasteiger partial charge >= 0.3 is 0 Å². The number of aromatic nitrogens is 1. The normalized spacial score (nSPS) is 20.4. The van der Waals surface area contributed by atoms with Crippen LogP contribution in [0.4, 0.5) is 5.82 Å². The van der Waals surface area contributed by atoms with Crippen molar-refractivity contribution < 1.29 is 4.79 Å². The van der Waals surface area contributed by atoms with Crippen LogP contribution in [-0.4, -0.2) is 17.4 Å². The number of rotatable bonds is 1. The molecule has 0 radical (unpaired) electrons. The van der Waals surface area contributed by atoms with Gasteiger partial charge < -0.3 is 0 Å². The zero-order valence-corrected chi connectivity index (χ0v) is 8.60. The molecule has 1 fully saturated rings. The van der Waals surface area contributed by atoms with Crippen molar-refractivity contribution >= 4 is 11.7 Å². The molecule has 1 aliphatic heterocycles. The number of carbonyl (C=O) groups is 1. The first-order chi connectivity index (χ1) is 7.20. The van der Waals surface area contributed by atoms with Crippen LogP contribution >= 0.6 is 0 Å². The second kappa shape index (κ2) is 3.74. The Kier molecular flexibility index (Phi) is 2.42. The summed E-state index contributed by atoms with van der Waals surface area (Å²) in [5.41, 5.74) is 0.907. The highest BCUT2D eigenvalue weighted by atomic mass is 16.2. The molecule has 3 heteroatoms. The molecule has 0 saturated carbocycles. The lowest BCUT2D eigenvalue weighted by molar-refractivity contribution is -0.117. The van der Waals surface area contributed by atoms with Gasteiger partial charge in [-0.05, 0) is 19.1 Å². The molecule has 1 aliphatic rings. The van der Waals surface area contributed by atoms with Gasteiger partial charge in [0.1, 0.15) is 5.82 Å². The van der Waals surface area contributed by atoms with Crippen molar-refractivity contribution in [1.82, 2.24) is 4.98 Å². The zero-order chi connectivity index (χ0) is 10.8. The highest BCUT2D eigenvalue weighted by Gasteiger charge is 2.29. The number of terminal acetylenes is 1. The van der Waals surface area contributed by atoms with Crippen LogP contribution in [0.5, 0.6) is 0 Å². The van der Waals surface area contributed by atoms with Gasteiger partial charge in [0.25, 0.3) is 0 Å². The fraction of sp³-hybridized carbons (Fsp3) is 0.333. The van der Waals surface area contributed by atoms with Crippen molar-refractivity contribution in [3.8, 4) is 12.3 Å². The van der Waals surface area contributed by atoms with Crippen LogP contribution in [0.1, 0.15) is 12.1 Å². The first-order valence-electron chi connectivity index (χ1n) is 4.91. The molecule has 1 aromatic rings. The number of pyridine rings is 1. The van der Waals surface area contributed by atoms with Crippen molar-refractivity contribution in [1.29, 1.82) is 0 Å². The lowest BCUT2D eigenvalue weighted by Gasteiger charge is -2.14. The minimum absolute atomic E-state index is 0.0276. The smallest absolute Gasteiger partial charge is 0.229 e. The molecular formula is C12H12N2O. The van der Waals surface area contributed by atoms with E-state index in [9.17, 15) is 4.79 Å². The SMILES string of the molecule is C#CC1CC(=O)N(c2cccc(C)n2)C1. The number of aryl methyl sites for hydroxylation is 1. The van der Waals surface area contributed by atoms with Gasteiger partial charge in [-0.2, -0.15) is 0 Å². The molecule has 2 rings (SSSR count). The summed E-state index contributed by atoms with van der Waals surface area (Å²) in [5.74, 6) is 3.42. The first kappa shape index (κ1) is 9.72. The number of carbonyl (C=O) groups excluding carboxylic acids is 1. The Balaban J connectivity index is 2.26. The summed E-state index contributed by atoms with van der Waals surface area (Å²) >= 11 is 0. The lowest BCUT2D eigenvalue weighted by Crippen LogP contribution is -2.25. The van der Waals surface area contributed by atoms with E-state index in [1.165, 1.54) is 0 Å². The molecule has 0 aliphatic carbocycles. The standard InChI is InChI=1S/C12H12N2O/c1-3-10-7-12(15)14(8-10)11-6-4-5-9(2)13-11/h1,4-6,10H,7-8H2,2H3. The van der Waals surface area contributed by atoms with Crippen molar-refractivity contribution in [3.63, 3.8) is 0 Å². The second-order valence-electron chi connectivity index (χ2n) is 3.71. The molecule has 1 unspecified atom stereocenters. The monoisotopic (exact) mass is 200 g/mol. The van der Waals surface area contributed by atoms with Crippen molar-refractivity contribution in [2.24, 2.45) is 5.92 Å². The Morgan fingerprint density at radius 1 is 1.60 bits per heavy atom. The lowest BCUT2D eigenvalue weighted by atomic mass is 10.1. The summed E-state index contributed by atoms with van der Waals surface area (Å²) in [7, 11) is 0. The Labute approximate surface area is 89.1 Å². The van der Waals surface area contributed by atoms with Gasteiger partial charge in [0.05, 0.1) is 0 Å². The second-order valence-corrected chi connectivity index (χ2v) is 3.71. The summed E-state index contributed by atoms with van der Waals surface area (Å²) in [4.78, 5) is 17.6. The van der Waals surface area contributed by atoms with Crippen molar-refractivity contribution in [3.05, 3.63) is 23.9 Å². The average molecular weight is 200 g/mol. The van der Waals surface area contributed by atoms with Crippen LogP contribution in [0, 0.1) is 25.2 Å². The third kappa shape index (κ3) is 1.84. The molecule has 3 nitrogen and oxygen atoms in total.